The summed E-state index contributed by atoms with van der Waals surface area (Å²) in [6, 6.07) is 21.9. The minimum absolute atomic E-state index is 0.0951. The lowest BCUT2D eigenvalue weighted by molar-refractivity contribution is -0.163. The third-order valence-corrected chi connectivity index (χ3v) is 6.34. The number of likely N-dealkylation sites (tertiary alicyclic amines) is 1. The minimum atomic E-state index is -1.07. The van der Waals surface area contributed by atoms with Crippen LogP contribution < -0.4 is 4.74 Å². The van der Waals surface area contributed by atoms with Gasteiger partial charge in [0, 0.05) is 18.7 Å². The fourth-order valence-corrected chi connectivity index (χ4v) is 4.52. The predicted molar refractivity (Wildman–Crippen MR) is 134 cm³/mol. The van der Waals surface area contributed by atoms with Gasteiger partial charge in [-0.3, -0.25) is 4.79 Å². The number of nitrogens with zero attached hydrogens (tertiary/aromatic N) is 1. The SMILES string of the molecule is CC(C)OC(=O)C(C)(C)Oc1cccc(C2CCN(C(=O)c3cccc4ccccc34)CC2)c1. The molecule has 34 heavy (non-hydrogen) atoms. The number of carbonyl (C=O) groups is 2. The van der Waals surface area contributed by atoms with E-state index in [9.17, 15) is 9.59 Å². The molecular weight excluding hydrogens is 426 g/mol. The Morgan fingerprint density at radius 1 is 0.941 bits per heavy atom. The van der Waals surface area contributed by atoms with E-state index in [1.807, 2.05) is 79.4 Å². The van der Waals surface area contributed by atoms with Crippen LogP contribution in [-0.4, -0.2) is 41.6 Å². The fourth-order valence-electron chi connectivity index (χ4n) is 4.52. The molecule has 0 aliphatic carbocycles. The Morgan fingerprint density at radius 2 is 1.62 bits per heavy atom. The highest BCUT2D eigenvalue weighted by Gasteiger charge is 2.33. The summed E-state index contributed by atoms with van der Waals surface area (Å²) in [4.78, 5) is 27.6. The number of rotatable bonds is 6. The van der Waals surface area contributed by atoms with E-state index in [4.69, 9.17) is 9.47 Å². The predicted octanol–water partition coefficient (Wildman–Crippen LogP) is 5.97. The molecule has 0 radical (unpaired) electrons. The highest BCUT2D eigenvalue weighted by Crippen LogP contribution is 2.32. The second-order valence-corrected chi connectivity index (χ2v) is 9.73. The molecule has 0 bridgehead atoms. The number of benzene rings is 3. The van der Waals surface area contributed by atoms with Crippen LogP contribution in [0.2, 0.25) is 0 Å². The normalized spacial score (nSPS) is 14.9. The lowest BCUT2D eigenvalue weighted by Crippen LogP contribution is -2.41. The van der Waals surface area contributed by atoms with Gasteiger partial charge in [-0.2, -0.15) is 0 Å². The van der Waals surface area contributed by atoms with E-state index in [1.54, 1.807) is 13.8 Å². The molecule has 0 spiro atoms. The van der Waals surface area contributed by atoms with Crippen molar-refractivity contribution in [2.45, 2.75) is 58.2 Å². The molecule has 3 aromatic carbocycles. The van der Waals surface area contributed by atoms with Gasteiger partial charge in [0.05, 0.1) is 6.10 Å². The number of hydrogen-bond donors (Lipinski definition) is 0. The first-order valence-corrected chi connectivity index (χ1v) is 12.0. The van der Waals surface area contributed by atoms with Crippen molar-refractivity contribution in [1.29, 1.82) is 0 Å². The molecule has 0 saturated carbocycles. The number of fused-ring (bicyclic) bond motifs is 1. The maximum absolute atomic E-state index is 13.3. The minimum Gasteiger partial charge on any atom is -0.476 e. The van der Waals surface area contributed by atoms with Crippen LogP contribution in [0.15, 0.2) is 66.7 Å². The molecule has 1 fully saturated rings. The molecule has 1 aliphatic heterocycles. The van der Waals surface area contributed by atoms with Crippen LogP contribution in [0.3, 0.4) is 0 Å². The zero-order valence-corrected chi connectivity index (χ0v) is 20.4. The van der Waals surface area contributed by atoms with Gasteiger partial charge in [0.15, 0.2) is 5.60 Å². The van der Waals surface area contributed by atoms with Crippen LogP contribution in [0, 0.1) is 0 Å². The monoisotopic (exact) mass is 459 g/mol. The smallest absolute Gasteiger partial charge is 0.350 e. The quantitative estimate of drug-likeness (QED) is 0.426. The maximum Gasteiger partial charge on any atom is 0.350 e. The Labute approximate surface area is 201 Å². The molecular formula is C29H33NO4. The first kappa shape index (κ1) is 23.8. The average molecular weight is 460 g/mol. The van der Waals surface area contributed by atoms with Crippen LogP contribution in [0.4, 0.5) is 0 Å². The lowest BCUT2D eigenvalue weighted by atomic mass is 9.89. The van der Waals surface area contributed by atoms with Gasteiger partial charge in [0.25, 0.3) is 5.91 Å². The van der Waals surface area contributed by atoms with Gasteiger partial charge < -0.3 is 14.4 Å². The summed E-state index contributed by atoms with van der Waals surface area (Å²) < 4.78 is 11.3. The molecule has 1 saturated heterocycles. The fraction of sp³-hybridized carbons (Fsp3) is 0.379. The van der Waals surface area contributed by atoms with Crippen molar-refractivity contribution in [1.82, 2.24) is 4.90 Å². The standard InChI is InChI=1S/C29H33NO4/c1-20(2)33-28(32)29(3,4)34-24-12-7-11-23(19-24)21-15-17-30(18-16-21)27(31)26-14-8-10-22-9-5-6-13-25(22)26/h5-14,19-21H,15-18H2,1-4H3. The molecule has 0 atom stereocenters. The maximum atomic E-state index is 13.3. The molecule has 4 rings (SSSR count). The number of hydrogen-bond acceptors (Lipinski definition) is 4. The first-order valence-electron chi connectivity index (χ1n) is 12.0. The molecule has 1 heterocycles. The van der Waals surface area contributed by atoms with Gasteiger partial charge in [0.1, 0.15) is 5.75 Å². The Hall–Kier alpha value is -3.34. The highest BCUT2D eigenvalue weighted by molar-refractivity contribution is 6.07. The molecule has 0 unspecified atom stereocenters. The summed E-state index contributed by atoms with van der Waals surface area (Å²) in [5.74, 6) is 0.703. The van der Waals surface area contributed by atoms with Gasteiger partial charge in [-0.05, 0) is 81.0 Å². The van der Waals surface area contributed by atoms with Gasteiger partial charge in [-0.25, -0.2) is 4.79 Å². The number of esters is 1. The van der Waals surface area contributed by atoms with Gasteiger partial charge >= 0.3 is 5.97 Å². The lowest BCUT2D eigenvalue weighted by Gasteiger charge is -2.33. The molecule has 0 N–H and O–H groups in total. The summed E-state index contributed by atoms with van der Waals surface area (Å²) in [6.07, 6.45) is 1.58. The van der Waals surface area contributed by atoms with Crippen molar-refractivity contribution in [2.24, 2.45) is 0 Å². The number of ether oxygens (including phenoxy) is 2. The van der Waals surface area contributed by atoms with Crippen molar-refractivity contribution in [2.75, 3.05) is 13.1 Å². The Kier molecular flexibility index (Phi) is 6.92. The van der Waals surface area contributed by atoms with E-state index >= 15 is 0 Å². The van der Waals surface area contributed by atoms with Crippen molar-refractivity contribution in [3.63, 3.8) is 0 Å². The van der Waals surface area contributed by atoms with Crippen LogP contribution in [-0.2, 0) is 9.53 Å². The largest absolute Gasteiger partial charge is 0.476 e. The third-order valence-electron chi connectivity index (χ3n) is 6.34. The number of piperidine rings is 1. The van der Waals surface area contributed by atoms with E-state index < -0.39 is 5.60 Å². The molecule has 0 aromatic heterocycles. The second kappa shape index (κ2) is 9.88. The van der Waals surface area contributed by atoms with E-state index in [1.165, 1.54) is 5.56 Å². The summed E-state index contributed by atoms with van der Waals surface area (Å²) in [5.41, 5.74) is 0.863. The molecule has 1 amide bonds. The van der Waals surface area contributed by atoms with E-state index in [0.717, 1.165) is 29.2 Å². The zero-order valence-electron chi connectivity index (χ0n) is 20.4. The summed E-state index contributed by atoms with van der Waals surface area (Å²) in [5, 5.41) is 2.08. The van der Waals surface area contributed by atoms with Crippen LogP contribution >= 0.6 is 0 Å². The van der Waals surface area contributed by atoms with Crippen molar-refractivity contribution >= 4 is 22.6 Å². The summed E-state index contributed by atoms with van der Waals surface area (Å²) in [6.45, 7) is 8.52. The summed E-state index contributed by atoms with van der Waals surface area (Å²) >= 11 is 0. The van der Waals surface area contributed by atoms with Crippen molar-refractivity contribution in [3.8, 4) is 5.75 Å². The Morgan fingerprint density at radius 3 is 2.35 bits per heavy atom. The van der Waals surface area contributed by atoms with Crippen molar-refractivity contribution in [3.05, 3.63) is 77.9 Å². The van der Waals surface area contributed by atoms with E-state index in [2.05, 4.69) is 6.07 Å². The topological polar surface area (TPSA) is 55.8 Å². The van der Waals surface area contributed by atoms with Crippen LogP contribution in [0.1, 0.15) is 62.4 Å². The number of amides is 1. The molecule has 178 valence electrons. The van der Waals surface area contributed by atoms with Gasteiger partial charge in [0.2, 0.25) is 0 Å². The summed E-state index contributed by atoms with van der Waals surface area (Å²) in [7, 11) is 0. The molecule has 5 heteroatoms. The Balaban J connectivity index is 1.41. The third kappa shape index (κ3) is 5.24. The van der Waals surface area contributed by atoms with E-state index in [-0.39, 0.29) is 18.0 Å². The van der Waals surface area contributed by atoms with Gasteiger partial charge in [-0.15, -0.1) is 0 Å². The molecule has 1 aliphatic rings. The average Bonchev–Trinajstić information content (AvgIpc) is 2.83. The van der Waals surface area contributed by atoms with Crippen molar-refractivity contribution < 1.29 is 19.1 Å². The Bertz CT molecular complexity index is 1170. The van der Waals surface area contributed by atoms with Crippen LogP contribution in [0.25, 0.3) is 10.8 Å². The second-order valence-electron chi connectivity index (χ2n) is 9.73. The van der Waals surface area contributed by atoms with Gasteiger partial charge in [-0.1, -0.05) is 48.5 Å². The first-order chi connectivity index (χ1) is 16.2. The highest BCUT2D eigenvalue weighted by atomic mass is 16.6. The van der Waals surface area contributed by atoms with E-state index in [0.29, 0.717) is 24.8 Å². The zero-order chi connectivity index (χ0) is 24.3. The molecule has 3 aromatic rings. The van der Waals surface area contributed by atoms with Crippen LogP contribution in [0.5, 0.6) is 5.75 Å². The number of carbonyl (C=O) groups excluding carboxylic acids is 2. The molecule has 5 nitrogen and oxygen atoms in total.